The van der Waals surface area contributed by atoms with Crippen LogP contribution in [0.4, 0.5) is 8.78 Å². The summed E-state index contributed by atoms with van der Waals surface area (Å²) >= 11 is 0. The smallest absolute Gasteiger partial charge is 0.257 e. The molecule has 1 aromatic heterocycles. The Morgan fingerprint density at radius 2 is 2.09 bits per heavy atom. The number of aliphatic hydroxyl groups excluding tert-OH is 1. The molecular formula is C16H17F2N3O2. The Morgan fingerprint density at radius 1 is 1.43 bits per heavy atom. The van der Waals surface area contributed by atoms with Crippen molar-refractivity contribution in [2.24, 2.45) is 5.92 Å². The van der Waals surface area contributed by atoms with Gasteiger partial charge in [0.2, 0.25) is 0 Å². The zero-order valence-corrected chi connectivity index (χ0v) is 12.6. The minimum Gasteiger partial charge on any atom is -0.391 e. The third-order valence-corrected chi connectivity index (χ3v) is 4.06. The number of likely N-dealkylation sites (N-methyl/N-ethyl adjacent to an activating group) is 1. The number of carbonyl (C=O) groups is 1. The lowest BCUT2D eigenvalue weighted by Crippen LogP contribution is -2.35. The van der Waals surface area contributed by atoms with Crippen LogP contribution in [-0.2, 0) is 0 Å². The summed E-state index contributed by atoms with van der Waals surface area (Å²) in [5.74, 6) is -1.76. The van der Waals surface area contributed by atoms with E-state index in [0.717, 1.165) is 25.0 Å². The highest BCUT2D eigenvalue weighted by Gasteiger charge is 2.32. The maximum absolute atomic E-state index is 13.9. The van der Waals surface area contributed by atoms with Crippen molar-refractivity contribution in [3.63, 3.8) is 0 Å². The lowest BCUT2D eigenvalue weighted by Gasteiger charge is -2.20. The van der Waals surface area contributed by atoms with E-state index in [2.05, 4.69) is 10.2 Å². The van der Waals surface area contributed by atoms with Crippen LogP contribution in [0.15, 0.2) is 24.4 Å². The molecule has 122 valence electrons. The number of H-pyrrole nitrogens is 1. The number of aromatic nitrogens is 2. The van der Waals surface area contributed by atoms with Crippen molar-refractivity contribution < 1.29 is 18.7 Å². The third kappa shape index (κ3) is 3.10. The maximum atomic E-state index is 13.9. The highest BCUT2D eigenvalue weighted by molar-refractivity contribution is 5.99. The molecule has 3 rings (SSSR count). The van der Waals surface area contributed by atoms with Gasteiger partial charge in [-0.3, -0.25) is 9.89 Å². The Kier molecular flexibility index (Phi) is 4.12. The molecular weight excluding hydrogens is 304 g/mol. The van der Waals surface area contributed by atoms with Gasteiger partial charge in [0.1, 0.15) is 11.6 Å². The zero-order valence-electron chi connectivity index (χ0n) is 12.6. The minimum absolute atomic E-state index is 0.00152. The summed E-state index contributed by atoms with van der Waals surface area (Å²) in [7, 11) is 1.54. The number of aliphatic hydroxyl groups is 1. The van der Waals surface area contributed by atoms with Gasteiger partial charge in [0.25, 0.3) is 5.91 Å². The molecule has 0 spiro atoms. The number of hydrogen-bond acceptors (Lipinski definition) is 3. The summed E-state index contributed by atoms with van der Waals surface area (Å²) < 4.78 is 27.9. The summed E-state index contributed by atoms with van der Waals surface area (Å²) in [6.45, 7) is 0.174. The van der Waals surface area contributed by atoms with Crippen LogP contribution >= 0.6 is 0 Å². The molecule has 1 saturated carbocycles. The third-order valence-electron chi connectivity index (χ3n) is 4.06. The molecule has 0 aliphatic heterocycles. The lowest BCUT2D eigenvalue weighted by molar-refractivity contribution is 0.0646. The minimum atomic E-state index is -0.774. The predicted molar refractivity (Wildman–Crippen MR) is 79.6 cm³/mol. The quantitative estimate of drug-likeness (QED) is 0.887. The number of aromatic amines is 1. The topological polar surface area (TPSA) is 69.2 Å². The van der Waals surface area contributed by atoms with Crippen LogP contribution in [0, 0.1) is 17.6 Å². The van der Waals surface area contributed by atoms with Crippen molar-refractivity contribution in [1.82, 2.24) is 15.1 Å². The van der Waals surface area contributed by atoms with Crippen LogP contribution < -0.4 is 0 Å². The molecule has 1 heterocycles. The van der Waals surface area contributed by atoms with Gasteiger partial charge in [0.15, 0.2) is 0 Å². The van der Waals surface area contributed by atoms with Crippen LogP contribution in [0.5, 0.6) is 0 Å². The van der Waals surface area contributed by atoms with Crippen LogP contribution in [0.1, 0.15) is 23.2 Å². The van der Waals surface area contributed by atoms with E-state index in [1.807, 2.05) is 0 Å². The molecule has 5 nitrogen and oxygen atoms in total. The molecule has 0 bridgehead atoms. The van der Waals surface area contributed by atoms with Crippen molar-refractivity contribution in [2.75, 3.05) is 13.6 Å². The van der Waals surface area contributed by atoms with E-state index in [1.165, 1.54) is 17.2 Å². The predicted octanol–water partition coefficient (Wildman–Crippen LogP) is 2.20. The zero-order chi connectivity index (χ0) is 16.6. The Bertz CT molecular complexity index is 708. The largest absolute Gasteiger partial charge is 0.391 e. The second kappa shape index (κ2) is 6.08. The number of benzene rings is 1. The average Bonchev–Trinajstić information content (AvgIpc) is 3.26. The van der Waals surface area contributed by atoms with E-state index in [-0.39, 0.29) is 29.3 Å². The number of hydrogen-bond donors (Lipinski definition) is 2. The fraction of sp³-hybridized carbons (Fsp3) is 0.375. The number of amides is 1. The van der Waals surface area contributed by atoms with Crippen LogP contribution in [0.25, 0.3) is 11.3 Å². The van der Waals surface area contributed by atoms with Gasteiger partial charge in [-0.1, -0.05) is 6.07 Å². The van der Waals surface area contributed by atoms with Crippen LogP contribution in [0.2, 0.25) is 0 Å². The van der Waals surface area contributed by atoms with Gasteiger partial charge >= 0.3 is 0 Å². The highest BCUT2D eigenvalue weighted by Crippen LogP contribution is 2.33. The number of halogens is 2. The molecule has 1 atom stereocenters. The standard InChI is InChI=1S/C16H17F2N3O2/c1-21(8-13(22)9-5-6-9)16(23)10-7-19-20-15(10)14-11(17)3-2-4-12(14)18/h2-4,7,9,13,22H,5-6,8H2,1H3,(H,19,20). The van der Waals surface area contributed by atoms with E-state index in [9.17, 15) is 18.7 Å². The van der Waals surface area contributed by atoms with Gasteiger partial charge in [-0.25, -0.2) is 8.78 Å². The number of nitrogens with zero attached hydrogens (tertiary/aromatic N) is 2. The molecule has 7 heteroatoms. The van der Waals surface area contributed by atoms with Gasteiger partial charge in [0, 0.05) is 13.6 Å². The average molecular weight is 321 g/mol. The number of carbonyl (C=O) groups excluding carboxylic acids is 1. The maximum Gasteiger partial charge on any atom is 0.257 e. The molecule has 1 aromatic carbocycles. The van der Waals surface area contributed by atoms with Crippen LogP contribution in [0.3, 0.4) is 0 Å². The molecule has 1 amide bonds. The molecule has 23 heavy (non-hydrogen) atoms. The Balaban J connectivity index is 1.86. The van der Waals surface area contributed by atoms with E-state index >= 15 is 0 Å². The first-order valence-electron chi connectivity index (χ1n) is 7.40. The van der Waals surface area contributed by atoms with Crippen molar-refractivity contribution in [2.45, 2.75) is 18.9 Å². The first-order chi connectivity index (χ1) is 11.0. The molecule has 2 N–H and O–H groups in total. The molecule has 2 aromatic rings. The molecule has 1 aliphatic rings. The summed E-state index contributed by atoms with van der Waals surface area (Å²) in [4.78, 5) is 13.9. The van der Waals surface area contributed by atoms with Crippen molar-refractivity contribution >= 4 is 5.91 Å². The first-order valence-corrected chi connectivity index (χ1v) is 7.40. The number of rotatable bonds is 5. The van der Waals surface area contributed by atoms with Gasteiger partial charge in [-0.15, -0.1) is 0 Å². The van der Waals surface area contributed by atoms with Gasteiger partial charge < -0.3 is 10.0 Å². The summed E-state index contributed by atoms with van der Waals surface area (Å²) in [5.41, 5.74) is -0.248. The molecule has 0 radical (unpaired) electrons. The second-order valence-corrected chi connectivity index (χ2v) is 5.85. The summed E-state index contributed by atoms with van der Waals surface area (Å²) in [6.07, 6.45) is 2.58. The molecule has 1 unspecified atom stereocenters. The molecule has 0 saturated heterocycles. The summed E-state index contributed by atoms with van der Waals surface area (Å²) in [6, 6.07) is 3.49. The first kappa shape index (κ1) is 15.6. The Hall–Kier alpha value is -2.28. The fourth-order valence-corrected chi connectivity index (χ4v) is 2.57. The van der Waals surface area contributed by atoms with Crippen molar-refractivity contribution in [1.29, 1.82) is 0 Å². The second-order valence-electron chi connectivity index (χ2n) is 5.85. The van der Waals surface area contributed by atoms with Crippen LogP contribution in [-0.4, -0.2) is 45.8 Å². The molecule has 1 fully saturated rings. The molecule has 1 aliphatic carbocycles. The lowest BCUT2D eigenvalue weighted by atomic mass is 10.1. The Labute approximate surface area is 131 Å². The van der Waals surface area contributed by atoms with Gasteiger partial charge in [-0.2, -0.15) is 5.10 Å². The monoisotopic (exact) mass is 321 g/mol. The number of nitrogens with one attached hydrogen (secondary N) is 1. The van der Waals surface area contributed by atoms with E-state index in [1.54, 1.807) is 7.05 Å². The SMILES string of the molecule is CN(CC(O)C1CC1)C(=O)c1cn[nH]c1-c1c(F)cccc1F. The van der Waals surface area contributed by atoms with E-state index in [0.29, 0.717) is 0 Å². The normalized spacial score (nSPS) is 15.5. The van der Waals surface area contributed by atoms with Gasteiger partial charge in [-0.05, 0) is 30.9 Å². The van der Waals surface area contributed by atoms with Gasteiger partial charge in [0.05, 0.1) is 29.1 Å². The van der Waals surface area contributed by atoms with E-state index in [4.69, 9.17) is 0 Å². The van der Waals surface area contributed by atoms with Crippen molar-refractivity contribution in [3.8, 4) is 11.3 Å². The summed E-state index contributed by atoms with van der Waals surface area (Å²) in [5, 5.41) is 16.2. The van der Waals surface area contributed by atoms with Crippen molar-refractivity contribution in [3.05, 3.63) is 41.6 Å². The van der Waals surface area contributed by atoms with E-state index < -0.39 is 23.6 Å². The Morgan fingerprint density at radius 3 is 2.70 bits per heavy atom. The highest BCUT2D eigenvalue weighted by atomic mass is 19.1. The fourth-order valence-electron chi connectivity index (χ4n) is 2.57.